The molecule has 0 spiro atoms. The number of aryl methyl sites for hydroxylation is 1. The monoisotopic (exact) mass is 437 g/mol. The molecule has 0 aliphatic rings. The largest absolute Gasteiger partial charge is 0.304 e. The van der Waals surface area contributed by atoms with Crippen molar-refractivity contribution < 1.29 is 20.1 Å². The Morgan fingerprint density at radius 2 is 1.70 bits per heavy atom. The SMILES string of the molecule is Cc1ccccc1-c1ccc(-c2[c-]cccc2)nc1.[Ir]. The molecule has 0 fully saturated rings. The molecular weight excluding hydrogens is 422 g/mol. The van der Waals surface area contributed by atoms with Crippen LogP contribution in [0.1, 0.15) is 5.56 Å². The van der Waals surface area contributed by atoms with Crippen molar-refractivity contribution in [3.8, 4) is 22.4 Å². The zero-order valence-electron chi connectivity index (χ0n) is 11.1. The van der Waals surface area contributed by atoms with Crippen LogP contribution >= 0.6 is 0 Å². The van der Waals surface area contributed by atoms with E-state index in [0.29, 0.717) is 0 Å². The molecule has 2 aromatic carbocycles. The van der Waals surface area contributed by atoms with Gasteiger partial charge in [-0.1, -0.05) is 36.4 Å². The van der Waals surface area contributed by atoms with E-state index in [4.69, 9.17) is 0 Å². The van der Waals surface area contributed by atoms with Gasteiger partial charge in [-0.25, -0.2) is 0 Å². The number of hydrogen-bond donors (Lipinski definition) is 0. The van der Waals surface area contributed by atoms with Gasteiger partial charge in [-0.05, 0) is 29.3 Å². The summed E-state index contributed by atoms with van der Waals surface area (Å²) < 4.78 is 0. The Hall–Kier alpha value is -1.76. The summed E-state index contributed by atoms with van der Waals surface area (Å²) >= 11 is 0. The molecule has 0 amide bonds. The molecule has 0 unspecified atom stereocenters. The van der Waals surface area contributed by atoms with Crippen LogP contribution in [0.5, 0.6) is 0 Å². The first kappa shape index (κ1) is 14.6. The standard InChI is InChI=1S/C18H14N.Ir/c1-14-7-5-6-10-17(14)16-11-12-18(19-13-16)15-8-3-2-4-9-15;/h2-8,10-13H,1H3;/q-1;. The maximum Gasteiger partial charge on any atom is 0.0239 e. The molecule has 0 aliphatic carbocycles. The van der Waals surface area contributed by atoms with Crippen molar-refractivity contribution in [3.05, 3.63) is 78.5 Å². The van der Waals surface area contributed by atoms with Crippen molar-refractivity contribution in [1.29, 1.82) is 0 Å². The average molecular weight is 437 g/mol. The van der Waals surface area contributed by atoms with Gasteiger partial charge in [0.15, 0.2) is 0 Å². The van der Waals surface area contributed by atoms with Crippen molar-refractivity contribution in [2.24, 2.45) is 0 Å². The zero-order valence-corrected chi connectivity index (χ0v) is 13.5. The molecule has 0 atom stereocenters. The number of aromatic nitrogens is 1. The number of hydrogen-bond acceptors (Lipinski definition) is 1. The molecule has 101 valence electrons. The minimum atomic E-state index is 0. The normalized spacial score (nSPS) is 9.85. The van der Waals surface area contributed by atoms with E-state index in [2.05, 4.69) is 48.3 Å². The van der Waals surface area contributed by atoms with Crippen molar-refractivity contribution in [2.75, 3.05) is 0 Å². The van der Waals surface area contributed by atoms with Gasteiger partial charge in [-0.15, -0.1) is 35.9 Å². The Labute approximate surface area is 133 Å². The summed E-state index contributed by atoms with van der Waals surface area (Å²) in [6, 6.07) is 23.6. The first-order valence-corrected chi connectivity index (χ1v) is 6.34. The van der Waals surface area contributed by atoms with E-state index in [1.807, 2.05) is 36.5 Å². The summed E-state index contributed by atoms with van der Waals surface area (Å²) in [5.41, 5.74) is 5.64. The fourth-order valence-corrected chi connectivity index (χ4v) is 2.16. The van der Waals surface area contributed by atoms with Crippen LogP contribution in [0.2, 0.25) is 0 Å². The minimum absolute atomic E-state index is 0. The molecule has 1 radical (unpaired) electrons. The van der Waals surface area contributed by atoms with E-state index in [1.54, 1.807) is 0 Å². The molecule has 1 nitrogen and oxygen atoms in total. The van der Waals surface area contributed by atoms with E-state index in [9.17, 15) is 0 Å². The van der Waals surface area contributed by atoms with Gasteiger partial charge in [0.2, 0.25) is 0 Å². The Bertz CT molecular complexity index is 675. The quantitative estimate of drug-likeness (QED) is 0.539. The summed E-state index contributed by atoms with van der Waals surface area (Å²) in [7, 11) is 0. The second-order valence-corrected chi connectivity index (χ2v) is 4.52. The summed E-state index contributed by atoms with van der Waals surface area (Å²) in [6.07, 6.45) is 1.93. The average Bonchev–Trinajstić information content (AvgIpc) is 2.49. The molecule has 3 rings (SSSR count). The van der Waals surface area contributed by atoms with Crippen LogP contribution in [-0.2, 0) is 20.1 Å². The van der Waals surface area contributed by atoms with Crippen molar-refractivity contribution in [3.63, 3.8) is 0 Å². The van der Waals surface area contributed by atoms with Crippen molar-refractivity contribution >= 4 is 0 Å². The predicted molar refractivity (Wildman–Crippen MR) is 78.7 cm³/mol. The molecule has 20 heavy (non-hydrogen) atoms. The first-order chi connectivity index (χ1) is 9.34. The Kier molecular flexibility index (Phi) is 4.83. The summed E-state index contributed by atoms with van der Waals surface area (Å²) in [5, 5.41) is 0. The topological polar surface area (TPSA) is 12.9 Å². The van der Waals surface area contributed by atoms with E-state index in [0.717, 1.165) is 16.8 Å². The third-order valence-electron chi connectivity index (χ3n) is 3.20. The van der Waals surface area contributed by atoms with Crippen molar-refractivity contribution in [1.82, 2.24) is 4.98 Å². The minimum Gasteiger partial charge on any atom is -0.304 e. The smallest absolute Gasteiger partial charge is 0.0239 e. The summed E-state index contributed by atoms with van der Waals surface area (Å²) in [5.74, 6) is 0. The van der Waals surface area contributed by atoms with Crippen LogP contribution in [-0.4, -0.2) is 4.98 Å². The predicted octanol–water partition coefficient (Wildman–Crippen LogP) is 4.52. The van der Waals surface area contributed by atoms with Crippen LogP contribution in [0, 0.1) is 13.0 Å². The summed E-state index contributed by atoms with van der Waals surface area (Å²) in [4.78, 5) is 4.54. The number of pyridine rings is 1. The summed E-state index contributed by atoms with van der Waals surface area (Å²) in [6.45, 7) is 2.12. The van der Waals surface area contributed by atoms with Gasteiger partial charge < -0.3 is 4.98 Å². The fraction of sp³-hybridized carbons (Fsp3) is 0.0556. The fourth-order valence-electron chi connectivity index (χ4n) is 2.16. The number of rotatable bonds is 2. The molecule has 0 aliphatic heterocycles. The van der Waals surface area contributed by atoms with Gasteiger partial charge in [0.05, 0.1) is 0 Å². The van der Waals surface area contributed by atoms with Gasteiger partial charge in [0.1, 0.15) is 0 Å². The van der Waals surface area contributed by atoms with Gasteiger partial charge in [-0.3, -0.25) is 0 Å². The Morgan fingerprint density at radius 1 is 0.900 bits per heavy atom. The second-order valence-electron chi connectivity index (χ2n) is 4.52. The van der Waals surface area contributed by atoms with Gasteiger partial charge in [-0.2, -0.15) is 0 Å². The van der Waals surface area contributed by atoms with Crippen LogP contribution < -0.4 is 0 Å². The molecule has 3 aromatic rings. The first-order valence-electron chi connectivity index (χ1n) is 6.34. The molecule has 2 heteroatoms. The van der Waals surface area contributed by atoms with Gasteiger partial charge >= 0.3 is 0 Å². The molecule has 0 saturated carbocycles. The Morgan fingerprint density at radius 3 is 2.35 bits per heavy atom. The molecule has 0 bridgehead atoms. The zero-order chi connectivity index (χ0) is 13.1. The molecule has 0 saturated heterocycles. The maximum absolute atomic E-state index is 4.54. The molecule has 1 aromatic heterocycles. The third-order valence-corrected chi connectivity index (χ3v) is 3.20. The van der Waals surface area contributed by atoms with E-state index in [1.165, 1.54) is 11.1 Å². The van der Waals surface area contributed by atoms with Crippen LogP contribution in [0.15, 0.2) is 66.9 Å². The third kappa shape index (κ3) is 3.04. The maximum atomic E-state index is 4.54. The Balaban J connectivity index is 0.00000147. The molecular formula is C18H14IrN-. The number of nitrogens with zero attached hydrogens (tertiary/aromatic N) is 1. The van der Waals surface area contributed by atoms with Gasteiger partial charge in [0, 0.05) is 26.3 Å². The van der Waals surface area contributed by atoms with Crippen LogP contribution in [0.3, 0.4) is 0 Å². The van der Waals surface area contributed by atoms with E-state index >= 15 is 0 Å². The molecule has 0 N–H and O–H groups in total. The van der Waals surface area contributed by atoms with Crippen LogP contribution in [0.4, 0.5) is 0 Å². The van der Waals surface area contributed by atoms with Crippen molar-refractivity contribution in [2.45, 2.75) is 6.92 Å². The van der Waals surface area contributed by atoms with Crippen LogP contribution in [0.25, 0.3) is 22.4 Å². The van der Waals surface area contributed by atoms with Gasteiger partial charge in [0.25, 0.3) is 0 Å². The van der Waals surface area contributed by atoms with E-state index in [-0.39, 0.29) is 20.1 Å². The number of benzene rings is 2. The van der Waals surface area contributed by atoms with E-state index < -0.39 is 0 Å². The second kappa shape index (κ2) is 6.60. The molecule has 1 heterocycles.